The summed E-state index contributed by atoms with van der Waals surface area (Å²) in [6.07, 6.45) is 0.505. The van der Waals surface area contributed by atoms with Gasteiger partial charge in [-0.25, -0.2) is 0 Å². The zero-order chi connectivity index (χ0) is 16.5. The van der Waals surface area contributed by atoms with Crippen molar-refractivity contribution in [3.8, 4) is 0 Å². The fraction of sp³-hybridized carbons (Fsp3) is 0.938. The molecule has 0 saturated heterocycles. The van der Waals surface area contributed by atoms with E-state index in [1.54, 1.807) is 0 Å². The molecule has 0 heterocycles. The first-order chi connectivity index (χ1) is 9.71. The lowest BCUT2D eigenvalue weighted by Gasteiger charge is -2.32. The number of esters is 1. The van der Waals surface area contributed by atoms with Crippen LogP contribution < -0.4 is 5.32 Å². The highest BCUT2D eigenvalue weighted by molar-refractivity contribution is 5.80. The monoisotopic (exact) mass is 303 g/mol. The summed E-state index contributed by atoms with van der Waals surface area (Å²) >= 11 is 0. The largest absolute Gasteiger partial charge is 0.468 e. The molecule has 0 fully saturated rings. The van der Waals surface area contributed by atoms with Gasteiger partial charge in [0.2, 0.25) is 0 Å². The standard InChI is InChI=1S/C16H33NO4/c1-12(2)11-20-8-9-21-14(5)10-16(6,15(18)19-7)17-13(3)4/h12-14,17H,8-11H2,1-7H3. The van der Waals surface area contributed by atoms with Gasteiger partial charge in [-0.2, -0.15) is 0 Å². The van der Waals surface area contributed by atoms with Crippen LogP contribution in [0.25, 0.3) is 0 Å². The summed E-state index contributed by atoms with van der Waals surface area (Å²) < 4.78 is 16.1. The van der Waals surface area contributed by atoms with E-state index in [0.717, 1.165) is 6.61 Å². The van der Waals surface area contributed by atoms with Gasteiger partial charge in [-0.15, -0.1) is 0 Å². The Bertz CT molecular complexity index is 294. The maximum atomic E-state index is 12.0. The quantitative estimate of drug-likeness (QED) is 0.469. The minimum atomic E-state index is -0.735. The van der Waals surface area contributed by atoms with Crippen LogP contribution in [0, 0.1) is 5.92 Å². The highest BCUT2D eigenvalue weighted by Crippen LogP contribution is 2.17. The van der Waals surface area contributed by atoms with Crippen molar-refractivity contribution >= 4 is 5.97 Å². The van der Waals surface area contributed by atoms with Crippen LogP contribution in [0.4, 0.5) is 0 Å². The van der Waals surface area contributed by atoms with Gasteiger partial charge in [-0.1, -0.05) is 13.8 Å². The molecule has 0 bridgehead atoms. The molecule has 0 aliphatic rings. The number of ether oxygens (including phenoxy) is 3. The number of hydrogen-bond acceptors (Lipinski definition) is 5. The van der Waals surface area contributed by atoms with Crippen molar-refractivity contribution in [3.63, 3.8) is 0 Å². The van der Waals surface area contributed by atoms with Gasteiger partial charge >= 0.3 is 5.97 Å². The summed E-state index contributed by atoms with van der Waals surface area (Å²) in [5.41, 5.74) is -0.735. The summed E-state index contributed by atoms with van der Waals surface area (Å²) in [6.45, 7) is 13.9. The number of carbonyl (C=O) groups is 1. The van der Waals surface area contributed by atoms with Crippen LogP contribution in [0.2, 0.25) is 0 Å². The van der Waals surface area contributed by atoms with Crippen molar-refractivity contribution in [3.05, 3.63) is 0 Å². The molecule has 0 spiro atoms. The Balaban J connectivity index is 4.22. The molecule has 5 heteroatoms. The molecular weight excluding hydrogens is 270 g/mol. The smallest absolute Gasteiger partial charge is 0.325 e. The van der Waals surface area contributed by atoms with Gasteiger partial charge < -0.3 is 14.2 Å². The Hall–Kier alpha value is -0.650. The van der Waals surface area contributed by atoms with Gasteiger partial charge in [0, 0.05) is 19.1 Å². The molecule has 0 amide bonds. The average Bonchev–Trinajstić information content (AvgIpc) is 2.35. The molecule has 5 nitrogen and oxygen atoms in total. The Labute approximate surface area is 129 Å². The van der Waals surface area contributed by atoms with E-state index in [9.17, 15) is 4.79 Å². The number of hydrogen-bond donors (Lipinski definition) is 1. The van der Waals surface area contributed by atoms with E-state index in [2.05, 4.69) is 19.2 Å². The van der Waals surface area contributed by atoms with Crippen molar-refractivity contribution in [1.29, 1.82) is 0 Å². The number of methoxy groups -OCH3 is 1. The molecular formula is C16H33NO4. The fourth-order valence-electron chi connectivity index (χ4n) is 2.32. The molecule has 0 aliphatic heterocycles. The molecule has 21 heavy (non-hydrogen) atoms. The molecule has 1 N–H and O–H groups in total. The van der Waals surface area contributed by atoms with Crippen LogP contribution in [-0.2, 0) is 19.0 Å². The van der Waals surface area contributed by atoms with E-state index in [0.29, 0.717) is 25.6 Å². The van der Waals surface area contributed by atoms with Crippen molar-refractivity contribution in [2.24, 2.45) is 5.92 Å². The summed E-state index contributed by atoms with van der Waals surface area (Å²) in [5.74, 6) is 0.267. The third-order valence-corrected chi connectivity index (χ3v) is 3.02. The molecule has 0 rings (SSSR count). The van der Waals surface area contributed by atoms with Crippen LogP contribution >= 0.6 is 0 Å². The fourth-order valence-corrected chi connectivity index (χ4v) is 2.32. The lowest BCUT2D eigenvalue weighted by atomic mass is 9.94. The van der Waals surface area contributed by atoms with Gasteiger partial charge in [-0.05, 0) is 33.6 Å². The van der Waals surface area contributed by atoms with Gasteiger partial charge in [0.1, 0.15) is 5.54 Å². The third kappa shape index (κ3) is 9.06. The van der Waals surface area contributed by atoms with Gasteiger partial charge in [0.05, 0.1) is 26.4 Å². The third-order valence-electron chi connectivity index (χ3n) is 3.02. The molecule has 126 valence electrons. The van der Waals surface area contributed by atoms with Crippen LogP contribution in [0.15, 0.2) is 0 Å². The van der Waals surface area contributed by atoms with Crippen LogP contribution in [0.3, 0.4) is 0 Å². The Kier molecular flexibility index (Phi) is 9.83. The van der Waals surface area contributed by atoms with E-state index in [1.165, 1.54) is 7.11 Å². The lowest BCUT2D eigenvalue weighted by molar-refractivity contribution is -0.150. The maximum absolute atomic E-state index is 12.0. The zero-order valence-corrected chi connectivity index (χ0v) is 14.7. The van der Waals surface area contributed by atoms with Crippen molar-refractivity contribution < 1.29 is 19.0 Å². The Morgan fingerprint density at radius 2 is 1.76 bits per heavy atom. The number of rotatable bonds is 11. The van der Waals surface area contributed by atoms with E-state index < -0.39 is 5.54 Å². The summed E-state index contributed by atoms with van der Waals surface area (Å²) in [5, 5.41) is 3.27. The van der Waals surface area contributed by atoms with Crippen molar-refractivity contribution in [2.45, 2.75) is 65.6 Å². The van der Waals surface area contributed by atoms with Gasteiger partial charge in [0.15, 0.2) is 0 Å². The van der Waals surface area contributed by atoms with Gasteiger partial charge in [-0.3, -0.25) is 10.1 Å². The van der Waals surface area contributed by atoms with Crippen LogP contribution in [-0.4, -0.2) is 50.6 Å². The normalized spacial score (nSPS) is 16.0. The first-order valence-corrected chi connectivity index (χ1v) is 7.76. The first-order valence-electron chi connectivity index (χ1n) is 7.76. The molecule has 0 aromatic heterocycles. The Morgan fingerprint density at radius 1 is 1.14 bits per heavy atom. The number of nitrogens with one attached hydrogen (secondary N) is 1. The minimum absolute atomic E-state index is 0.0528. The maximum Gasteiger partial charge on any atom is 0.325 e. The topological polar surface area (TPSA) is 56.8 Å². The predicted molar refractivity (Wildman–Crippen MR) is 84.4 cm³/mol. The molecule has 2 unspecified atom stereocenters. The highest BCUT2D eigenvalue weighted by Gasteiger charge is 2.36. The average molecular weight is 303 g/mol. The van der Waals surface area contributed by atoms with E-state index in [1.807, 2.05) is 27.7 Å². The second kappa shape index (κ2) is 10.1. The second-order valence-electron chi connectivity index (χ2n) is 6.48. The lowest BCUT2D eigenvalue weighted by Crippen LogP contribution is -2.54. The van der Waals surface area contributed by atoms with Crippen LogP contribution in [0.1, 0.15) is 48.0 Å². The van der Waals surface area contributed by atoms with Gasteiger partial charge in [0.25, 0.3) is 0 Å². The summed E-state index contributed by atoms with van der Waals surface area (Å²) in [4.78, 5) is 12.0. The van der Waals surface area contributed by atoms with Crippen molar-refractivity contribution in [2.75, 3.05) is 26.9 Å². The second-order valence-corrected chi connectivity index (χ2v) is 6.48. The van der Waals surface area contributed by atoms with E-state index in [4.69, 9.17) is 14.2 Å². The molecule has 0 saturated carbocycles. The molecule has 2 atom stereocenters. The predicted octanol–water partition coefficient (Wildman–Crippen LogP) is 2.38. The SMILES string of the molecule is COC(=O)C(C)(CC(C)OCCOCC(C)C)NC(C)C. The zero-order valence-electron chi connectivity index (χ0n) is 14.7. The molecule has 0 aliphatic carbocycles. The van der Waals surface area contributed by atoms with E-state index in [-0.39, 0.29) is 18.1 Å². The molecule has 0 aromatic rings. The minimum Gasteiger partial charge on any atom is -0.468 e. The summed E-state index contributed by atoms with van der Waals surface area (Å²) in [6, 6.07) is 0.190. The first kappa shape index (κ1) is 20.3. The Morgan fingerprint density at radius 3 is 2.24 bits per heavy atom. The molecule has 0 aromatic carbocycles. The van der Waals surface area contributed by atoms with Crippen molar-refractivity contribution in [1.82, 2.24) is 5.32 Å². The molecule has 0 radical (unpaired) electrons. The summed E-state index contributed by atoms with van der Waals surface area (Å²) in [7, 11) is 1.41. The number of carbonyl (C=O) groups excluding carboxylic acids is 1. The highest BCUT2D eigenvalue weighted by atomic mass is 16.5. The van der Waals surface area contributed by atoms with Crippen LogP contribution in [0.5, 0.6) is 0 Å². The van der Waals surface area contributed by atoms with E-state index >= 15 is 0 Å².